The molecule has 1 atom stereocenters. The van der Waals surface area contributed by atoms with Gasteiger partial charge in [-0.3, -0.25) is 4.79 Å². The number of carbonyl (C=O) groups is 1. The van der Waals surface area contributed by atoms with Gasteiger partial charge in [0, 0.05) is 19.2 Å². The van der Waals surface area contributed by atoms with Gasteiger partial charge in [-0.2, -0.15) is 0 Å². The number of carbonyl (C=O) groups excluding carboxylic acids is 1. The molecule has 3 rings (SSSR count). The molecule has 0 radical (unpaired) electrons. The largest absolute Gasteiger partial charge is 0.383 e. The zero-order valence-corrected chi connectivity index (χ0v) is 10.6. The monoisotopic (exact) mass is 250 g/mol. The van der Waals surface area contributed by atoms with E-state index >= 15 is 0 Å². The van der Waals surface area contributed by atoms with Crippen LogP contribution >= 0.6 is 0 Å². The van der Waals surface area contributed by atoms with E-state index in [1.54, 1.807) is 7.11 Å². The molecular formula is C13H18N2O3. The lowest BCUT2D eigenvalue weighted by molar-refractivity contribution is 0.0170. The summed E-state index contributed by atoms with van der Waals surface area (Å²) in [5, 5.41) is 4.04. The minimum atomic E-state index is -0.0149. The van der Waals surface area contributed by atoms with Crippen LogP contribution in [0.25, 0.3) is 0 Å². The van der Waals surface area contributed by atoms with Crippen LogP contribution in [-0.4, -0.2) is 42.3 Å². The van der Waals surface area contributed by atoms with E-state index in [2.05, 4.69) is 5.16 Å². The lowest BCUT2D eigenvalue weighted by atomic mass is 9.95. The normalized spacial score (nSPS) is 22.5. The van der Waals surface area contributed by atoms with Crippen molar-refractivity contribution in [3.63, 3.8) is 0 Å². The first-order chi connectivity index (χ1) is 8.81. The average Bonchev–Trinajstić information content (AvgIpc) is 2.78. The number of ether oxygens (including phenoxy) is 1. The number of fused-ring (bicyclic) bond motifs is 1. The Labute approximate surface area is 106 Å². The quantitative estimate of drug-likeness (QED) is 0.814. The summed E-state index contributed by atoms with van der Waals surface area (Å²) in [6.45, 7) is 1.39. The van der Waals surface area contributed by atoms with Gasteiger partial charge in [0.15, 0.2) is 0 Å². The Bertz CT molecular complexity index is 455. The maximum absolute atomic E-state index is 12.4. The van der Waals surface area contributed by atoms with E-state index in [-0.39, 0.29) is 11.9 Å². The van der Waals surface area contributed by atoms with Gasteiger partial charge in [-0.15, -0.1) is 0 Å². The molecule has 98 valence electrons. The highest BCUT2D eigenvalue weighted by Gasteiger charge is 2.36. The maximum Gasteiger partial charge on any atom is 0.293 e. The van der Waals surface area contributed by atoms with Gasteiger partial charge in [0.05, 0.1) is 18.3 Å². The molecule has 0 aromatic carbocycles. The standard InChI is InChI=1S/C13H18N2O3/c1-17-8-9-6-7-15(9)13(16)12-10-4-2-3-5-11(10)14-18-12/h9H,2-8H2,1H3. The molecular weight excluding hydrogens is 232 g/mol. The lowest BCUT2D eigenvalue weighted by Gasteiger charge is -2.40. The van der Waals surface area contributed by atoms with Crippen molar-refractivity contribution in [2.75, 3.05) is 20.3 Å². The summed E-state index contributed by atoms with van der Waals surface area (Å²) >= 11 is 0. The summed E-state index contributed by atoms with van der Waals surface area (Å²) in [5.74, 6) is 0.449. The molecule has 1 aromatic heterocycles. The zero-order chi connectivity index (χ0) is 12.5. The first-order valence-corrected chi connectivity index (χ1v) is 6.58. The first kappa shape index (κ1) is 11.7. The molecule has 1 saturated heterocycles. The van der Waals surface area contributed by atoms with Gasteiger partial charge in [0.2, 0.25) is 5.76 Å². The predicted molar refractivity (Wildman–Crippen MR) is 64.5 cm³/mol. The van der Waals surface area contributed by atoms with E-state index in [1.807, 2.05) is 4.90 Å². The minimum absolute atomic E-state index is 0.0149. The SMILES string of the molecule is COCC1CCN1C(=O)c1onc2c1CCCC2. The van der Waals surface area contributed by atoms with E-state index in [0.717, 1.165) is 49.9 Å². The second kappa shape index (κ2) is 4.72. The lowest BCUT2D eigenvalue weighted by Crippen LogP contribution is -2.53. The van der Waals surface area contributed by atoms with Crippen molar-refractivity contribution in [2.24, 2.45) is 0 Å². The molecule has 0 bridgehead atoms. The number of likely N-dealkylation sites (tertiary alicyclic amines) is 1. The van der Waals surface area contributed by atoms with Crippen molar-refractivity contribution >= 4 is 5.91 Å². The van der Waals surface area contributed by atoms with Gasteiger partial charge in [0.1, 0.15) is 0 Å². The number of aryl methyl sites for hydroxylation is 1. The molecule has 1 aliphatic heterocycles. The van der Waals surface area contributed by atoms with Crippen molar-refractivity contribution in [3.05, 3.63) is 17.0 Å². The molecule has 0 saturated carbocycles. The number of amides is 1. The van der Waals surface area contributed by atoms with Crippen molar-refractivity contribution in [1.82, 2.24) is 10.1 Å². The third-order valence-corrected chi connectivity index (χ3v) is 3.92. The van der Waals surface area contributed by atoms with Crippen LogP contribution in [0.15, 0.2) is 4.52 Å². The molecule has 1 aliphatic carbocycles. The Balaban J connectivity index is 1.78. The first-order valence-electron chi connectivity index (χ1n) is 6.58. The Morgan fingerprint density at radius 2 is 2.33 bits per heavy atom. The molecule has 5 heteroatoms. The number of hydrogen-bond donors (Lipinski definition) is 0. The summed E-state index contributed by atoms with van der Waals surface area (Å²) in [7, 11) is 1.66. The van der Waals surface area contributed by atoms with Gasteiger partial charge in [-0.25, -0.2) is 0 Å². The van der Waals surface area contributed by atoms with Gasteiger partial charge >= 0.3 is 0 Å². The molecule has 0 spiro atoms. The van der Waals surface area contributed by atoms with Crippen LogP contribution < -0.4 is 0 Å². The molecule has 1 aromatic rings. The summed E-state index contributed by atoms with van der Waals surface area (Å²) in [6.07, 6.45) is 5.13. The second-order valence-corrected chi connectivity index (χ2v) is 5.04. The summed E-state index contributed by atoms with van der Waals surface area (Å²) in [6, 6.07) is 0.201. The molecule has 2 aliphatic rings. The van der Waals surface area contributed by atoms with E-state index < -0.39 is 0 Å². The summed E-state index contributed by atoms with van der Waals surface area (Å²) in [5.41, 5.74) is 2.02. The minimum Gasteiger partial charge on any atom is -0.383 e. The molecule has 0 N–H and O–H groups in total. The van der Waals surface area contributed by atoms with Crippen LogP contribution in [0, 0.1) is 0 Å². The number of methoxy groups -OCH3 is 1. The van der Waals surface area contributed by atoms with Gasteiger partial charge < -0.3 is 14.2 Å². The van der Waals surface area contributed by atoms with Gasteiger partial charge in [-0.1, -0.05) is 5.16 Å². The smallest absolute Gasteiger partial charge is 0.293 e. The zero-order valence-electron chi connectivity index (χ0n) is 10.6. The Hall–Kier alpha value is -1.36. The van der Waals surface area contributed by atoms with Crippen molar-refractivity contribution in [2.45, 2.75) is 38.1 Å². The molecule has 1 amide bonds. The second-order valence-electron chi connectivity index (χ2n) is 5.04. The Morgan fingerprint density at radius 1 is 1.50 bits per heavy atom. The molecule has 18 heavy (non-hydrogen) atoms. The number of aromatic nitrogens is 1. The maximum atomic E-state index is 12.4. The summed E-state index contributed by atoms with van der Waals surface area (Å²) in [4.78, 5) is 14.2. The predicted octanol–water partition coefficient (Wildman–Crippen LogP) is 1.41. The fourth-order valence-corrected chi connectivity index (χ4v) is 2.76. The Kier molecular flexibility index (Phi) is 3.07. The fourth-order valence-electron chi connectivity index (χ4n) is 2.76. The molecule has 5 nitrogen and oxygen atoms in total. The van der Waals surface area contributed by atoms with Crippen molar-refractivity contribution in [3.8, 4) is 0 Å². The van der Waals surface area contributed by atoms with E-state index in [9.17, 15) is 4.79 Å². The van der Waals surface area contributed by atoms with Crippen LogP contribution in [-0.2, 0) is 17.6 Å². The van der Waals surface area contributed by atoms with Gasteiger partial charge in [0.25, 0.3) is 5.91 Å². The fraction of sp³-hybridized carbons (Fsp3) is 0.692. The van der Waals surface area contributed by atoms with E-state index in [4.69, 9.17) is 9.26 Å². The van der Waals surface area contributed by atoms with Crippen molar-refractivity contribution < 1.29 is 14.1 Å². The van der Waals surface area contributed by atoms with Crippen LogP contribution in [0.2, 0.25) is 0 Å². The molecule has 1 unspecified atom stereocenters. The van der Waals surface area contributed by atoms with Gasteiger partial charge in [-0.05, 0) is 32.1 Å². The van der Waals surface area contributed by atoms with Crippen LogP contribution in [0.5, 0.6) is 0 Å². The van der Waals surface area contributed by atoms with E-state index in [1.165, 1.54) is 0 Å². The molecule has 1 fully saturated rings. The third-order valence-electron chi connectivity index (χ3n) is 3.92. The number of rotatable bonds is 3. The highest BCUT2D eigenvalue weighted by molar-refractivity contribution is 5.93. The number of hydrogen-bond acceptors (Lipinski definition) is 4. The van der Waals surface area contributed by atoms with Crippen LogP contribution in [0.1, 0.15) is 41.1 Å². The Morgan fingerprint density at radius 3 is 3.06 bits per heavy atom. The summed E-state index contributed by atoms with van der Waals surface area (Å²) < 4.78 is 10.4. The molecule has 2 heterocycles. The number of nitrogens with zero attached hydrogens (tertiary/aromatic N) is 2. The average molecular weight is 250 g/mol. The van der Waals surface area contributed by atoms with Crippen LogP contribution in [0.4, 0.5) is 0 Å². The topological polar surface area (TPSA) is 55.6 Å². The van der Waals surface area contributed by atoms with Crippen molar-refractivity contribution in [1.29, 1.82) is 0 Å². The van der Waals surface area contributed by atoms with E-state index in [0.29, 0.717) is 12.4 Å². The van der Waals surface area contributed by atoms with Crippen LogP contribution in [0.3, 0.4) is 0 Å². The highest BCUT2D eigenvalue weighted by atomic mass is 16.5. The third kappa shape index (κ3) is 1.82. The highest BCUT2D eigenvalue weighted by Crippen LogP contribution is 2.27.